The molecule has 0 saturated carbocycles. The largest absolute Gasteiger partial charge is 0.462 e. The average molecular weight is 639 g/mol. The molecule has 0 rings (SSSR count). The number of aliphatic hydroxyl groups is 1. The molecule has 0 aliphatic heterocycles. The standard InChI is InChI=1S/C41H66O5/c1-3-5-7-9-11-13-14-15-16-17-18-19-20-21-22-23-24-25-26-28-30-32-34-36-41(44)46-39(37-42)38-45-40(43)35-33-31-29-27-12-10-8-6-4-2/h5,7,11,13,15-16,18-19,21-22,24-25,28,30,39,42H,3-4,6,8-10,12,14,17,20,23,26-27,29,31-38H2,1-2H3/b7-5-,13-11-,16-15-,19-18-,22-21-,25-24-,30-28-. The maximum Gasteiger partial charge on any atom is 0.306 e. The lowest BCUT2D eigenvalue weighted by Gasteiger charge is -2.15. The topological polar surface area (TPSA) is 72.8 Å². The Balaban J connectivity index is 3.75. The van der Waals surface area contributed by atoms with E-state index in [4.69, 9.17) is 9.47 Å². The molecule has 0 aromatic heterocycles. The summed E-state index contributed by atoms with van der Waals surface area (Å²) < 4.78 is 10.5. The van der Waals surface area contributed by atoms with Gasteiger partial charge in [-0.2, -0.15) is 0 Å². The Morgan fingerprint density at radius 3 is 1.39 bits per heavy atom. The molecule has 1 unspecified atom stereocenters. The van der Waals surface area contributed by atoms with Gasteiger partial charge in [-0.05, 0) is 64.2 Å². The van der Waals surface area contributed by atoms with Crippen molar-refractivity contribution in [2.75, 3.05) is 13.2 Å². The van der Waals surface area contributed by atoms with Crippen molar-refractivity contribution >= 4 is 11.9 Å². The lowest BCUT2D eigenvalue weighted by molar-refractivity contribution is -0.161. The Hall–Kier alpha value is -2.92. The Bertz CT molecular complexity index is 906. The van der Waals surface area contributed by atoms with Gasteiger partial charge in [0.15, 0.2) is 6.10 Å². The van der Waals surface area contributed by atoms with Crippen molar-refractivity contribution in [2.45, 2.75) is 148 Å². The van der Waals surface area contributed by atoms with Gasteiger partial charge in [0.05, 0.1) is 6.61 Å². The van der Waals surface area contributed by atoms with Gasteiger partial charge in [0.2, 0.25) is 0 Å². The summed E-state index contributed by atoms with van der Waals surface area (Å²) in [6.45, 7) is 3.93. The lowest BCUT2D eigenvalue weighted by Crippen LogP contribution is -2.28. The van der Waals surface area contributed by atoms with Crippen molar-refractivity contribution in [1.29, 1.82) is 0 Å². The number of carbonyl (C=O) groups excluding carboxylic acids is 2. The van der Waals surface area contributed by atoms with Crippen LogP contribution >= 0.6 is 0 Å². The molecular weight excluding hydrogens is 572 g/mol. The molecule has 0 spiro atoms. The third-order valence-electron chi connectivity index (χ3n) is 7.20. The normalized spacial score (nSPS) is 13.2. The highest BCUT2D eigenvalue weighted by Gasteiger charge is 2.15. The molecule has 1 N–H and O–H groups in total. The minimum absolute atomic E-state index is 0.0929. The zero-order valence-electron chi connectivity index (χ0n) is 29.3. The predicted octanol–water partition coefficient (Wildman–Crippen LogP) is 11.2. The van der Waals surface area contributed by atoms with Gasteiger partial charge in [0, 0.05) is 12.8 Å². The van der Waals surface area contributed by atoms with Gasteiger partial charge in [-0.3, -0.25) is 9.59 Å². The fourth-order valence-electron chi connectivity index (χ4n) is 4.48. The molecule has 260 valence electrons. The highest BCUT2D eigenvalue weighted by Crippen LogP contribution is 2.11. The Labute approximate surface area is 282 Å². The summed E-state index contributed by atoms with van der Waals surface area (Å²) >= 11 is 0. The van der Waals surface area contributed by atoms with E-state index in [-0.39, 0.29) is 31.6 Å². The van der Waals surface area contributed by atoms with Crippen molar-refractivity contribution in [3.63, 3.8) is 0 Å². The van der Waals surface area contributed by atoms with E-state index in [0.29, 0.717) is 12.8 Å². The molecule has 0 aromatic rings. The van der Waals surface area contributed by atoms with Crippen LogP contribution in [0, 0.1) is 0 Å². The van der Waals surface area contributed by atoms with Crippen LogP contribution in [0.5, 0.6) is 0 Å². The summed E-state index contributed by atoms with van der Waals surface area (Å²) in [6, 6.07) is 0. The van der Waals surface area contributed by atoms with Crippen LogP contribution < -0.4 is 0 Å². The molecule has 0 heterocycles. The number of unbranched alkanes of at least 4 members (excludes halogenated alkanes) is 9. The summed E-state index contributed by atoms with van der Waals surface area (Å²) in [7, 11) is 0. The SMILES string of the molecule is CC/C=C\C/C=C\C/C=C\C/C=C\C/C=C\C/C=C\C/C=C\CCCC(=O)OC(CO)COC(=O)CCCCCCCCCCC. The number of esters is 2. The highest BCUT2D eigenvalue weighted by molar-refractivity contribution is 5.70. The molecule has 0 aliphatic carbocycles. The Morgan fingerprint density at radius 1 is 0.522 bits per heavy atom. The van der Waals surface area contributed by atoms with Gasteiger partial charge in [-0.25, -0.2) is 0 Å². The van der Waals surface area contributed by atoms with Crippen molar-refractivity contribution in [1.82, 2.24) is 0 Å². The van der Waals surface area contributed by atoms with Gasteiger partial charge in [0.25, 0.3) is 0 Å². The monoisotopic (exact) mass is 638 g/mol. The highest BCUT2D eigenvalue weighted by atomic mass is 16.6. The van der Waals surface area contributed by atoms with Crippen LogP contribution in [0.1, 0.15) is 142 Å². The van der Waals surface area contributed by atoms with Crippen molar-refractivity contribution in [3.8, 4) is 0 Å². The second kappa shape index (κ2) is 36.5. The van der Waals surface area contributed by atoms with Gasteiger partial charge < -0.3 is 14.6 Å². The molecule has 0 bridgehead atoms. The van der Waals surface area contributed by atoms with Crippen LogP contribution in [0.2, 0.25) is 0 Å². The fraction of sp³-hybridized carbons (Fsp3) is 0.610. The van der Waals surface area contributed by atoms with Gasteiger partial charge in [-0.15, -0.1) is 0 Å². The zero-order valence-corrected chi connectivity index (χ0v) is 29.3. The minimum atomic E-state index is -0.803. The molecule has 0 amide bonds. The summed E-state index contributed by atoms with van der Waals surface area (Å²) in [6.07, 6.45) is 49.3. The molecule has 5 nitrogen and oxygen atoms in total. The summed E-state index contributed by atoms with van der Waals surface area (Å²) in [5, 5.41) is 9.50. The summed E-state index contributed by atoms with van der Waals surface area (Å²) in [5.41, 5.74) is 0. The number of hydrogen-bond acceptors (Lipinski definition) is 5. The first-order chi connectivity index (χ1) is 22.6. The molecule has 0 saturated heterocycles. The van der Waals surface area contributed by atoms with Crippen molar-refractivity contribution < 1.29 is 24.2 Å². The number of hydrogen-bond donors (Lipinski definition) is 1. The maximum absolute atomic E-state index is 12.1. The van der Waals surface area contributed by atoms with E-state index in [1.165, 1.54) is 38.5 Å². The Morgan fingerprint density at radius 2 is 0.935 bits per heavy atom. The van der Waals surface area contributed by atoms with Gasteiger partial charge in [0.1, 0.15) is 6.61 Å². The van der Waals surface area contributed by atoms with Crippen molar-refractivity contribution in [3.05, 3.63) is 85.1 Å². The molecule has 0 fully saturated rings. The first-order valence-corrected chi connectivity index (χ1v) is 18.1. The van der Waals surface area contributed by atoms with E-state index in [2.05, 4.69) is 98.9 Å². The number of aliphatic hydroxyl groups excluding tert-OH is 1. The zero-order chi connectivity index (χ0) is 33.6. The van der Waals surface area contributed by atoms with Crippen LogP contribution in [-0.4, -0.2) is 36.4 Å². The molecule has 5 heteroatoms. The van der Waals surface area contributed by atoms with E-state index < -0.39 is 6.10 Å². The Kier molecular flexibility index (Phi) is 34.2. The van der Waals surface area contributed by atoms with Crippen LogP contribution in [0.3, 0.4) is 0 Å². The quantitative estimate of drug-likeness (QED) is 0.0465. The lowest BCUT2D eigenvalue weighted by atomic mass is 10.1. The molecular formula is C41H66O5. The van der Waals surface area contributed by atoms with Gasteiger partial charge >= 0.3 is 11.9 Å². The van der Waals surface area contributed by atoms with Crippen LogP contribution in [-0.2, 0) is 19.1 Å². The number of allylic oxidation sites excluding steroid dienone is 14. The molecule has 0 aromatic carbocycles. The second-order valence-electron chi connectivity index (χ2n) is 11.6. The smallest absolute Gasteiger partial charge is 0.306 e. The molecule has 46 heavy (non-hydrogen) atoms. The maximum atomic E-state index is 12.1. The molecule has 1 atom stereocenters. The average Bonchev–Trinajstić information content (AvgIpc) is 3.06. The van der Waals surface area contributed by atoms with E-state index in [1.807, 2.05) is 0 Å². The number of rotatable bonds is 31. The molecule has 0 aliphatic rings. The van der Waals surface area contributed by atoms with E-state index in [0.717, 1.165) is 70.6 Å². The van der Waals surface area contributed by atoms with Crippen LogP contribution in [0.15, 0.2) is 85.1 Å². The summed E-state index contributed by atoms with van der Waals surface area (Å²) in [5.74, 6) is -0.672. The molecule has 0 radical (unpaired) electrons. The minimum Gasteiger partial charge on any atom is -0.462 e. The second-order valence-corrected chi connectivity index (χ2v) is 11.6. The van der Waals surface area contributed by atoms with E-state index >= 15 is 0 Å². The van der Waals surface area contributed by atoms with Crippen molar-refractivity contribution in [2.24, 2.45) is 0 Å². The van der Waals surface area contributed by atoms with E-state index in [1.54, 1.807) is 0 Å². The number of carbonyl (C=O) groups is 2. The fourth-order valence-corrected chi connectivity index (χ4v) is 4.48. The number of ether oxygens (including phenoxy) is 2. The predicted molar refractivity (Wildman–Crippen MR) is 196 cm³/mol. The third kappa shape index (κ3) is 34.0. The first kappa shape index (κ1) is 43.1. The first-order valence-electron chi connectivity index (χ1n) is 18.1. The van der Waals surface area contributed by atoms with Crippen LogP contribution in [0.4, 0.5) is 0 Å². The summed E-state index contributed by atoms with van der Waals surface area (Å²) in [4.78, 5) is 24.1. The third-order valence-corrected chi connectivity index (χ3v) is 7.20. The van der Waals surface area contributed by atoms with Gasteiger partial charge in [-0.1, -0.05) is 150 Å². The van der Waals surface area contributed by atoms with Crippen LogP contribution in [0.25, 0.3) is 0 Å². The van der Waals surface area contributed by atoms with E-state index in [9.17, 15) is 14.7 Å².